The van der Waals surface area contributed by atoms with Crippen LogP contribution in [0.5, 0.6) is 0 Å². The standard InChI is InChI=1S/C12H16N2O.C2H6/c1-2-9-7-8-5-3-4-6-10(8)11(14-9)12(13)15;1-2/h7H,2-6H2,1H3,(H2,13,15);1-2H3. The van der Waals surface area contributed by atoms with Gasteiger partial charge in [0.15, 0.2) is 0 Å². The van der Waals surface area contributed by atoms with Gasteiger partial charge in [0.05, 0.1) is 0 Å². The van der Waals surface area contributed by atoms with E-state index in [9.17, 15) is 4.79 Å². The summed E-state index contributed by atoms with van der Waals surface area (Å²) in [5.41, 5.74) is 9.21. The predicted molar refractivity (Wildman–Crippen MR) is 70.1 cm³/mol. The average Bonchev–Trinajstić information content (AvgIpc) is 2.39. The fourth-order valence-corrected chi connectivity index (χ4v) is 2.19. The van der Waals surface area contributed by atoms with Gasteiger partial charge in [0, 0.05) is 5.69 Å². The molecular weight excluding hydrogens is 212 g/mol. The van der Waals surface area contributed by atoms with Crippen molar-refractivity contribution in [2.45, 2.75) is 52.9 Å². The Labute approximate surface area is 103 Å². The van der Waals surface area contributed by atoms with E-state index in [1.54, 1.807) is 0 Å². The summed E-state index contributed by atoms with van der Waals surface area (Å²) in [6.45, 7) is 6.04. The Bertz CT molecular complexity index is 399. The van der Waals surface area contributed by atoms with Crippen LogP contribution in [0.2, 0.25) is 0 Å². The molecule has 1 aliphatic carbocycles. The van der Waals surface area contributed by atoms with Gasteiger partial charge in [-0.2, -0.15) is 0 Å². The van der Waals surface area contributed by atoms with Gasteiger partial charge >= 0.3 is 0 Å². The van der Waals surface area contributed by atoms with E-state index >= 15 is 0 Å². The van der Waals surface area contributed by atoms with Crippen molar-refractivity contribution in [2.24, 2.45) is 5.73 Å². The van der Waals surface area contributed by atoms with Crippen molar-refractivity contribution in [2.75, 3.05) is 0 Å². The molecule has 0 saturated carbocycles. The maximum Gasteiger partial charge on any atom is 0.267 e. The van der Waals surface area contributed by atoms with Gasteiger partial charge in [0.1, 0.15) is 5.69 Å². The number of hydrogen-bond acceptors (Lipinski definition) is 2. The van der Waals surface area contributed by atoms with Crippen LogP contribution in [-0.4, -0.2) is 10.9 Å². The lowest BCUT2D eigenvalue weighted by molar-refractivity contribution is 0.0994. The number of fused-ring (bicyclic) bond motifs is 1. The first-order valence-corrected chi connectivity index (χ1v) is 6.54. The number of hydrogen-bond donors (Lipinski definition) is 1. The van der Waals surface area contributed by atoms with Gasteiger partial charge in [-0.05, 0) is 49.3 Å². The highest BCUT2D eigenvalue weighted by molar-refractivity contribution is 5.92. The van der Waals surface area contributed by atoms with Gasteiger partial charge in [-0.15, -0.1) is 0 Å². The van der Waals surface area contributed by atoms with Gasteiger partial charge in [-0.1, -0.05) is 20.8 Å². The van der Waals surface area contributed by atoms with Crippen molar-refractivity contribution in [1.82, 2.24) is 4.98 Å². The van der Waals surface area contributed by atoms with Gasteiger partial charge in [-0.3, -0.25) is 4.79 Å². The molecule has 0 atom stereocenters. The molecule has 0 aliphatic heterocycles. The molecule has 17 heavy (non-hydrogen) atoms. The molecule has 2 rings (SSSR count). The molecule has 2 N–H and O–H groups in total. The summed E-state index contributed by atoms with van der Waals surface area (Å²) in [5, 5.41) is 0. The van der Waals surface area contributed by atoms with Crippen LogP contribution in [0.1, 0.15) is 60.9 Å². The quantitative estimate of drug-likeness (QED) is 0.855. The van der Waals surface area contributed by atoms with Crippen LogP contribution in [-0.2, 0) is 19.3 Å². The summed E-state index contributed by atoms with van der Waals surface area (Å²) in [6.07, 6.45) is 5.21. The number of carbonyl (C=O) groups excluding carboxylic acids is 1. The minimum absolute atomic E-state index is 0.386. The molecule has 0 bridgehead atoms. The predicted octanol–water partition coefficient (Wildman–Crippen LogP) is 2.65. The number of primary amides is 1. The minimum Gasteiger partial charge on any atom is -0.364 e. The third kappa shape index (κ3) is 3.05. The fraction of sp³-hybridized carbons (Fsp3) is 0.571. The Morgan fingerprint density at radius 2 is 2.00 bits per heavy atom. The molecule has 0 radical (unpaired) electrons. The number of rotatable bonds is 2. The molecule has 1 aliphatic rings. The average molecular weight is 234 g/mol. The Morgan fingerprint density at radius 3 is 2.59 bits per heavy atom. The van der Waals surface area contributed by atoms with Crippen LogP contribution in [0.25, 0.3) is 0 Å². The molecule has 0 spiro atoms. The molecule has 1 heterocycles. The van der Waals surface area contributed by atoms with E-state index in [-0.39, 0.29) is 5.91 Å². The maximum absolute atomic E-state index is 11.3. The second kappa shape index (κ2) is 6.38. The molecule has 3 nitrogen and oxygen atoms in total. The summed E-state index contributed by atoms with van der Waals surface area (Å²) >= 11 is 0. The SMILES string of the molecule is CC.CCc1cc2c(c(C(N)=O)n1)CCCC2. The van der Waals surface area contributed by atoms with E-state index in [4.69, 9.17) is 5.73 Å². The Balaban J connectivity index is 0.000000686. The van der Waals surface area contributed by atoms with E-state index < -0.39 is 0 Å². The Morgan fingerprint density at radius 1 is 1.35 bits per heavy atom. The molecule has 1 aromatic rings. The number of pyridine rings is 1. The molecule has 94 valence electrons. The highest BCUT2D eigenvalue weighted by atomic mass is 16.1. The Kier molecular flexibility index (Phi) is 5.13. The van der Waals surface area contributed by atoms with Crippen LogP contribution >= 0.6 is 0 Å². The van der Waals surface area contributed by atoms with Gasteiger partial charge < -0.3 is 5.73 Å². The van der Waals surface area contributed by atoms with E-state index in [1.165, 1.54) is 12.0 Å². The second-order valence-electron chi connectivity index (χ2n) is 4.02. The zero-order chi connectivity index (χ0) is 12.8. The number of aromatic nitrogens is 1. The van der Waals surface area contributed by atoms with E-state index in [0.717, 1.165) is 36.9 Å². The molecule has 3 heteroatoms. The van der Waals surface area contributed by atoms with Crippen LogP contribution in [0.15, 0.2) is 6.07 Å². The van der Waals surface area contributed by atoms with Crippen LogP contribution in [0.4, 0.5) is 0 Å². The topological polar surface area (TPSA) is 56.0 Å². The third-order valence-corrected chi connectivity index (χ3v) is 2.99. The molecule has 0 aromatic carbocycles. The van der Waals surface area contributed by atoms with Crippen molar-refractivity contribution < 1.29 is 4.79 Å². The maximum atomic E-state index is 11.3. The molecular formula is C14H22N2O. The highest BCUT2D eigenvalue weighted by Crippen LogP contribution is 2.24. The number of carbonyl (C=O) groups is 1. The number of amides is 1. The Hall–Kier alpha value is -1.38. The molecule has 0 fully saturated rings. The first-order valence-electron chi connectivity index (χ1n) is 6.54. The lowest BCUT2D eigenvalue weighted by Gasteiger charge is -2.18. The van der Waals surface area contributed by atoms with Crippen molar-refractivity contribution in [3.63, 3.8) is 0 Å². The summed E-state index contributed by atoms with van der Waals surface area (Å²) in [7, 11) is 0. The van der Waals surface area contributed by atoms with Crippen molar-refractivity contribution >= 4 is 5.91 Å². The molecule has 0 saturated heterocycles. The minimum atomic E-state index is -0.386. The van der Waals surface area contributed by atoms with Crippen molar-refractivity contribution in [3.05, 3.63) is 28.6 Å². The summed E-state index contributed by atoms with van der Waals surface area (Å²) < 4.78 is 0. The van der Waals surface area contributed by atoms with Crippen molar-refractivity contribution in [1.29, 1.82) is 0 Å². The summed E-state index contributed by atoms with van der Waals surface area (Å²) in [4.78, 5) is 15.6. The third-order valence-electron chi connectivity index (χ3n) is 2.99. The summed E-state index contributed by atoms with van der Waals surface area (Å²) in [6, 6.07) is 2.13. The number of nitrogens with two attached hydrogens (primary N) is 1. The first kappa shape index (κ1) is 13.7. The number of aryl methyl sites for hydroxylation is 2. The second-order valence-corrected chi connectivity index (χ2v) is 4.02. The normalized spacial score (nSPS) is 13.4. The van der Waals surface area contributed by atoms with Gasteiger partial charge in [0.25, 0.3) is 5.91 Å². The number of nitrogens with zero attached hydrogens (tertiary/aromatic N) is 1. The molecule has 0 unspecified atom stereocenters. The van der Waals surface area contributed by atoms with E-state index in [1.807, 2.05) is 20.8 Å². The zero-order valence-corrected chi connectivity index (χ0v) is 11.0. The molecule has 1 aromatic heterocycles. The van der Waals surface area contributed by atoms with Crippen LogP contribution in [0.3, 0.4) is 0 Å². The molecule has 1 amide bonds. The monoisotopic (exact) mass is 234 g/mol. The zero-order valence-electron chi connectivity index (χ0n) is 11.0. The van der Waals surface area contributed by atoms with Crippen LogP contribution in [0, 0.1) is 0 Å². The lowest BCUT2D eigenvalue weighted by Crippen LogP contribution is -2.20. The summed E-state index contributed by atoms with van der Waals surface area (Å²) in [5.74, 6) is -0.386. The largest absolute Gasteiger partial charge is 0.364 e. The first-order chi connectivity index (χ1) is 8.22. The van der Waals surface area contributed by atoms with Crippen molar-refractivity contribution in [3.8, 4) is 0 Å². The smallest absolute Gasteiger partial charge is 0.267 e. The van der Waals surface area contributed by atoms with Gasteiger partial charge in [-0.25, -0.2) is 4.98 Å². The van der Waals surface area contributed by atoms with E-state index in [0.29, 0.717) is 5.69 Å². The van der Waals surface area contributed by atoms with Gasteiger partial charge in [0.2, 0.25) is 0 Å². The lowest BCUT2D eigenvalue weighted by atomic mass is 9.90. The fourth-order valence-electron chi connectivity index (χ4n) is 2.19. The van der Waals surface area contributed by atoms with E-state index in [2.05, 4.69) is 11.1 Å². The highest BCUT2D eigenvalue weighted by Gasteiger charge is 2.18. The van der Waals surface area contributed by atoms with Crippen LogP contribution < -0.4 is 5.73 Å².